The van der Waals surface area contributed by atoms with Gasteiger partial charge in [0, 0.05) is 23.2 Å². The van der Waals surface area contributed by atoms with Crippen LogP contribution in [-0.2, 0) is 13.1 Å². The van der Waals surface area contributed by atoms with Crippen molar-refractivity contribution in [3.8, 4) is 0 Å². The number of hydrogen-bond acceptors (Lipinski definition) is 3. The van der Waals surface area contributed by atoms with Gasteiger partial charge in [0.15, 0.2) is 5.78 Å². The summed E-state index contributed by atoms with van der Waals surface area (Å²) in [5, 5.41) is 3.92. The number of ketones is 1. The Kier molecular flexibility index (Phi) is 7.49. The maximum atomic E-state index is 13.4. The molecule has 1 fully saturated rings. The van der Waals surface area contributed by atoms with Crippen molar-refractivity contribution in [3.05, 3.63) is 104 Å². The van der Waals surface area contributed by atoms with E-state index >= 15 is 0 Å². The van der Waals surface area contributed by atoms with Gasteiger partial charge in [-0.25, -0.2) is 4.79 Å². The molecule has 0 unspecified atom stereocenters. The Morgan fingerprint density at radius 2 is 1.49 bits per heavy atom. The van der Waals surface area contributed by atoms with Crippen LogP contribution in [-0.4, -0.2) is 26.9 Å². The van der Waals surface area contributed by atoms with Crippen LogP contribution in [0, 0.1) is 5.92 Å². The number of amides is 1. The molecule has 1 saturated carbocycles. The average Bonchev–Trinajstić information content (AvgIpc) is 3.17. The van der Waals surface area contributed by atoms with Crippen LogP contribution >= 0.6 is 23.2 Å². The number of carbonyl (C=O) groups is 2. The SMILES string of the molecule is O=C(Cn1c(=O)n(CC2CCC(NC(=O)c3cc(Cl)ccc3Cl)CC2)c2ccccc21)c1ccccc1. The Balaban J connectivity index is 1.27. The summed E-state index contributed by atoms with van der Waals surface area (Å²) in [6, 6.07) is 21.6. The highest BCUT2D eigenvalue weighted by molar-refractivity contribution is 6.35. The minimum absolute atomic E-state index is 0.00118. The molecule has 37 heavy (non-hydrogen) atoms. The summed E-state index contributed by atoms with van der Waals surface area (Å²) in [6.45, 7) is 0.577. The Morgan fingerprint density at radius 3 is 2.19 bits per heavy atom. The number of hydrogen-bond donors (Lipinski definition) is 1. The molecule has 8 heteroatoms. The number of rotatable bonds is 7. The van der Waals surface area contributed by atoms with Gasteiger partial charge in [-0.05, 0) is 61.9 Å². The van der Waals surface area contributed by atoms with E-state index in [2.05, 4.69) is 5.32 Å². The summed E-state index contributed by atoms with van der Waals surface area (Å²) in [4.78, 5) is 39.0. The van der Waals surface area contributed by atoms with Crippen molar-refractivity contribution in [1.82, 2.24) is 14.5 Å². The first-order chi connectivity index (χ1) is 17.9. The number of nitrogens with zero attached hydrogens (tertiary/aromatic N) is 2. The quantitative estimate of drug-likeness (QED) is 0.296. The van der Waals surface area contributed by atoms with Gasteiger partial charge in [-0.2, -0.15) is 0 Å². The third kappa shape index (κ3) is 5.50. The normalized spacial score (nSPS) is 17.6. The molecule has 5 rings (SSSR count). The summed E-state index contributed by atoms with van der Waals surface area (Å²) in [5.41, 5.74) is 2.39. The predicted molar refractivity (Wildman–Crippen MR) is 147 cm³/mol. The first-order valence-electron chi connectivity index (χ1n) is 12.4. The van der Waals surface area contributed by atoms with Gasteiger partial charge in [0.1, 0.15) is 0 Å². The van der Waals surface area contributed by atoms with Crippen LogP contribution in [0.2, 0.25) is 10.0 Å². The van der Waals surface area contributed by atoms with Crippen LogP contribution in [0.25, 0.3) is 11.0 Å². The maximum Gasteiger partial charge on any atom is 0.329 e. The molecule has 3 aromatic carbocycles. The number of aromatic nitrogens is 2. The molecule has 1 N–H and O–H groups in total. The number of para-hydroxylation sites is 2. The van der Waals surface area contributed by atoms with E-state index in [9.17, 15) is 14.4 Å². The lowest BCUT2D eigenvalue weighted by Gasteiger charge is -2.29. The molecule has 1 aliphatic carbocycles. The smallest absolute Gasteiger partial charge is 0.329 e. The van der Waals surface area contributed by atoms with Crippen LogP contribution in [0.4, 0.5) is 0 Å². The molecule has 0 aliphatic heterocycles. The molecule has 190 valence electrons. The second-order valence-electron chi connectivity index (χ2n) is 9.57. The molecule has 6 nitrogen and oxygen atoms in total. The number of imidazole rings is 1. The lowest BCUT2D eigenvalue weighted by atomic mass is 9.85. The molecule has 4 aromatic rings. The van der Waals surface area contributed by atoms with E-state index < -0.39 is 0 Å². The van der Waals surface area contributed by atoms with E-state index in [0.717, 1.165) is 36.7 Å². The van der Waals surface area contributed by atoms with Gasteiger partial charge in [0.2, 0.25) is 0 Å². The molecule has 1 aliphatic rings. The fourth-order valence-electron chi connectivity index (χ4n) is 5.14. The van der Waals surface area contributed by atoms with Crippen molar-refractivity contribution < 1.29 is 9.59 Å². The number of benzene rings is 3. The fraction of sp³-hybridized carbons (Fsp3) is 0.276. The minimum Gasteiger partial charge on any atom is -0.349 e. The highest BCUT2D eigenvalue weighted by atomic mass is 35.5. The van der Waals surface area contributed by atoms with Crippen molar-refractivity contribution in [2.75, 3.05) is 0 Å². The molecule has 1 aromatic heterocycles. The van der Waals surface area contributed by atoms with Crippen molar-refractivity contribution in [2.45, 2.75) is 44.8 Å². The standard InChI is InChI=1S/C29H27Cl2N3O3/c30-21-12-15-24(31)23(16-21)28(36)32-22-13-10-19(11-14-22)17-33-25-8-4-5-9-26(25)34(29(33)37)18-27(35)20-6-2-1-3-7-20/h1-9,12,15-16,19,22H,10-11,13-14,17-18H2,(H,32,36). The first-order valence-corrected chi connectivity index (χ1v) is 13.2. The Morgan fingerprint density at radius 1 is 0.838 bits per heavy atom. The van der Waals surface area contributed by atoms with Crippen molar-refractivity contribution >= 4 is 45.9 Å². The third-order valence-corrected chi connectivity index (χ3v) is 7.68. The zero-order valence-electron chi connectivity index (χ0n) is 20.2. The summed E-state index contributed by atoms with van der Waals surface area (Å²) in [7, 11) is 0. The molecule has 0 atom stereocenters. The third-order valence-electron chi connectivity index (χ3n) is 7.12. The van der Waals surface area contributed by atoms with E-state index in [1.807, 2.05) is 42.5 Å². The highest BCUT2D eigenvalue weighted by Crippen LogP contribution is 2.28. The molecule has 0 spiro atoms. The monoisotopic (exact) mass is 535 g/mol. The predicted octanol–water partition coefficient (Wildman–Crippen LogP) is 5.98. The number of Topliss-reactive ketones (excluding diaryl/α,β-unsaturated/α-hetero) is 1. The van der Waals surface area contributed by atoms with Crippen molar-refractivity contribution in [3.63, 3.8) is 0 Å². The van der Waals surface area contributed by atoms with Gasteiger partial charge in [-0.3, -0.25) is 18.7 Å². The van der Waals surface area contributed by atoms with E-state index in [-0.39, 0.29) is 30.0 Å². The lowest BCUT2D eigenvalue weighted by Crippen LogP contribution is -2.38. The Bertz CT molecular complexity index is 1500. The molecular formula is C29H27Cl2N3O3. The van der Waals surface area contributed by atoms with Crippen molar-refractivity contribution in [2.24, 2.45) is 5.92 Å². The van der Waals surface area contributed by atoms with Crippen LogP contribution < -0.4 is 11.0 Å². The first kappa shape index (κ1) is 25.3. The van der Waals surface area contributed by atoms with Crippen LogP contribution in [0.1, 0.15) is 46.4 Å². The van der Waals surface area contributed by atoms with Crippen LogP contribution in [0.15, 0.2) is 77.6 Å². The van der Waals surface area contributed by atoms with Gasteiger partial charge >= 0.3 is 5.69 Å². The van der Waals surface area contributed by atoms with E-state index in [1.54, 1.807) is 39.5 Å². The summed E-state index contributed by atoms with van der Waals surface area (Å²) in [6.07, 6.45) is 3.38. The van der Waals surface area contributed by atoms with Crippen LogP contribution in [0.3, 0.4) is 0 Å². The number of carbonyl (C=O) groups excluding carboxylic acids is 2. The van der Waals surface area contributed by atoms with Crippen molar-refractivity contribution in [1.29, 1.82) is 0 Å². The molecular weight excluding hydrogens is 509 g/mol. The topological polar surface area (TPSA) is 73.1 Å². The van der Waals surface area contributed by atoms with Gasteiger partial charge in [0.05, 0.1) is 28.2 Å². The molecule has 0 bridgehead atoms. The largest absolute Gasteiger partial charge is 0.349 e. The molecule has 1 heterocycles. The maximum absolute atomic E-state index is 13.4. The van der Waals surface area contributed by atoms with Gasteiger partial charge in [0.25, 0.3) is 5.91 Å². The average molecular weight is 536 g/mol. The molecule has 1 amide bonds. The summed E-state index contributed by atoms with van der Waals surface area (Å²) < 4.78 is 3.37. The second-order valence-corrected chi connectivity index (χ2v) is 10.4. The summed E-state index contributed by atoms with van der Waals surface area (Å²) >= 11 is 12.2. The summed E-state index contributed by atoms with van der Waals surface area (Å²) in [5.74, 6) is -0.0235. The molecule has 0 radical (unpaired) electrons. The van der Waals surface area contributed by atoms with Crippen LogP contribution in [0.5, 0.6) is 0 Å². The highest BCUT2D eigenvalue weighted by Gasteiger charge is 2.26. The van der Waals surface area contributed by atoms with E-state index in [0.29, 0.717) is 33.6 Å². The van der Waals surface area contributed by atoms with Gasteiger partial charge < -0.3 is 5.32 Å². The second kappa shape index (κ2) is 11.0. The van der Waals surface area contributed by atoms with Gasteiger partial charge in [-0.15, -0.1) is 0 Å². The Hall–Kier alpha value is -3.35. The zero-order chi connectivity index (χ0) is 25.9. The minimum atomic E-state index is -0.224. The number of halogens is 2. The van der Waals surface area contributed by atoms with Gasteiger partial charge in [-0.1, -0.05) is 65.7 Å². The lowest BCUT2D eigenvalue weighted by molar-refractivity contribution is 0.0919. The number of nitrogens with one attached hydrogen (secondary N) is 1. The van der Waals surface area contributed by atoms with E-state index in [4.69, 9.17) is 23.2 Å². The zero-order valence-corrected chi connectivity index (χ0v) is 21.7. The Labute approximate surface area is 224 Å². The number of fused-ring (bicyclic) bond motifs is 1. The molecule has 0 saturated heterocycles. The van der Waals surface area contributed by atoms with E-state index in [1.165, 1.54) is 0 Å². The fourth-order valence-corrected chi connectivity index (χ4v) is 5.52.